The standard InChI is InChI=1S/C18H21NO2/c1-3-21-18(20)17-13(2)15-11-7-8-12-16(15)19(17)14-9-5-4-6-10-14/h4-6,9-10H,3,7-8,11-12H2,1-2H3. The number of aromatic nitrogens is 1. The van der Waals surface area contributed by atoms with Crippen LogP contribution in [0.3, 0.4) is 0 Å². The lowest BCUT2D eigenvalue weighted by atomic mass is 9.95. The van der Waals surface area contributed by atoms with Gasteiger partial charge in [0.15, 0.2) is 0 Å². The summed E-state index contributed by atoms with van der Waals surface area (Å²) in [5.74, 6) is -0.215. The molecule has 0 unspecified atom stereocenters. The van der Waals surface area contributed by atoms with Gasteiger partial charge in [-0.2, -0.15) is 0 Å². The maximum Gasteiger partial charge on any atom is 0.355 e. The number of hydrogen-bond acceptors (Lipinski definition) is 2. The highest BCUT2D eigenvalue weighted by Crippen LogP contribution is 2.32. The molecule has 0 saturated carbocycles. The maximum absolute atomic E-state index is 12.4. The second-order valence-electron chi connectivity index (χ2n) is 5.50. The number of esters is 1. The molecule has 3 nitrogen and oxygen atoms in total. The SMILES string of the molecule is CCOC(=O)c1c(C)c2c(n1-c1ccccc1)CCCC2. The fourth-order valence-electron chi connectivity index (χ4n) is 3.29. The molecule has 1 aliphatic rings. The largest absolute Gasteiger partial charge is 0.461 e. The monoisotopic (exact) mass is 283 g/mol. The van der Waals surface area contributed by atoms with Crippen molar-refractivity contribution >= 4 is 5.97 Å². The summed E-state index contributed by atoms with van der Waals surface area (Å²) < 4.78 is 7.40. The predicted molar refractivity (Wildman–Crippen MR) is 83.1 cm³/mol. The summed E-state index contributed by atoms with van der Waals surface area (Å²) in [5, 5.41) is 0. The van der Waals surface area contributed by atoms with Gasteiger partial charge in [-0.1, -0.05) is 18.2 Å². The summed E-state index contributed by atoms with van der Waals surface area (Å²) in [5.41, 5.74) is 5.47. The number of carbonyl (C=O) groups is 1. The van der Waals surface area contributed by atoms with E-state index in [1.54, 1.807) is 0 Å². The number of hydrogen-bond donors (Lipinski definition) is 0. The zero-order chi connectivity index (χ0) is 14.8. The van der Waals surface area contributed by atoms with Gasteiger partial charge in [0.05, 0.1) is 6.61 Å². The van der Waals surface area contributed by atoms with Crippen molar-refractivity contribution in [3.63, 3.8) is 0 Å². The number of ether oxygens (including phenoxy) is 1. The zero-order valence-corrected chi connectivity index (χ0v) is 12.7. The molecule has 1 aromatic heterocycles. The van der Waals surface area contributed by atoms with Crippen LogP contribution in [0.1, 0.15) is 47.1 Å². The molecule has 1 aromatic carbocycles. The average Bonchev–Trinajstić information content (AvgIpc) is 2.82. The molecule has 3 heteroatoms. The minimum Gasteiger partial charge on any atom is -0.461 e. The molecular weight excluding hydrogens is 262 g/mol. The van der Waals surface area contributed by atoms with E-state index in [0.717, 1.165) is 24.1 Å². The van der Waals surface area contributed by atoms with Gasteiger partial charge in [-0.25, -0.2) is 4.79 Å². The van der Waals surface area contributed by atoms with Crippen LogP contribution in [0.2, 0.25) is 0 Å². The molecule has 0 aliphatic heterocycles. The van der Waals surface area contributed by atoms with Crippen LogP contribution in [0.15, 0.2) is 30.3 Å². The van der Waals surface area contributed by atoms with Crippen LogP contribution >= 0.6 is 0 Å². The molecule has 0 amide bonds. The van der Waals surface area contributed by atoms with Crippen LogP contribution in [0, 0.1) is 6.92 Å². The normalized spacial score (nSPS) is 13.8. The van der Waals surface area contributed by atoms with Crippen molar-refractivity contribution in [1.82, 2.24) is 4.57 Å². The molecule has 0 fully saturated rings. The lowest BCUT2D eigenvalue weighted by Gasteiger charge is -2.16. The summed E-state index contributed by atoms with van der Waals surface area (Å²) in [7, 11) is 0. The number of carbonyl (C=O) groups excluding carboxylic acids is 1. The number of benzene rings is 1. The second kappa shape index (κ2) is 5.76. The first kappa shape index (κ1) is 13.9. The van der Waals surface area contributed by atoms with Crippen LogP contribution < -0.4 is 0 Å². The topological polar surface area (TPSA) is 31.2 Å². The highest BCUT2D eigenvalue weighted by atomic mass is 16.5. The minimum absolute atomic E-state index is 0.215. The lowest BCUT2D eigenvalue weighted by Crippen LogP contribution is -2.14. The van der Waals surface area contributed by atoms with Crippen LogP contribution in [0.25, 0.3) is 5.69 Å². The quantitative estimate of drug-likeness (QED) is 0.801. The third kappa shape index (κ3) is 2.37. The molecule has 110 valence electrons. The summed E-state index contributed by atoms with van der Waals surface area (Å²) in [6.45, 7) is 4.31. The van der Waals surface area contributed by atoms with Crippen LogP contribution in [0.4, 0.5) is 0 Å². The highest BCUT2D eigenvalue weighted by molar-refractivity contribution is 5.91. The highest BCUT2D eigenvalue weighted by Gasteiger charge is 2.27. The third-order valence-corrected chi connectivity index (χ3v) is 4.22. The minimum atomic E-state index is -0.215. The summed E-state index contributed by atoms with van der Waals surface area (Å²) in [4.78, 5) is 12.4. The molecule has 0 bridgehead atoms. The molecule has 0 atom stereocenters. The van der Waals surface area contributed by atoms with Crippen LogP contribution in [0.5, 0.6) is 0 Å². The van der Waals surface area contributed by atoms with E-state index in [1.807, 2.05) is 25.1 Å². The first-order valence-corrected chi connectivity index (χ1v) is 7.69. The summed E-state index contributed by atoms with van der Waals surface area (Å²) in [6.07, 6.45) is 4.48. The lowest BCUT2D eigenvalue weighted by molar-refractivity contribution is 0.0516. The Morgan fingerprint density at radius 3 is 2.62 bits per heavy atom. The molecule has 0 N–H and O–H groups in total. The molecule has 0 spiro atoms. The molecular formula is C18H21NO2. The predicted octanol–water partition coefficient (Wildman–Crippen LogP) is 3.84. The van der Waals surface area contributed by atoms with E-state index in [2.05, 4.69) is 23.6 Å². The molecule has 3 rings (SSSR count). The van der Waals surface area contributed by atoms with E-state index in [9.17, 15) is 4.79 Å². The Hall–Kier alpha value is -2.03. The molecule has 1 aliphatic carbocycles. The van der Waals surface area contributed by atoms with Crippen molar-refractivity contribution in [2.24, 2.45) is 0 Å². The Balaban J connectivity index is 2.22. The summed E-state index contributed by atoms with van der Waals surface area (Å²) >= 11 is 0. The Bertz CT molecular complexity index is 656. The molecule has 21 heavy (non-hydrogen) atoms. The van der Waals surface area contributed by atoms with Gasteiger partial charge in [0.1, 0.15) is 5.69 Å². The molecule has 2 aromatic rings. The smallest absolute Gasteiger partial charge is 0.355 e. The van der Waals surface area contributed by atoms with Gasteiger partial charge in [0, 0.05) is 11.4 Å². The van der Waals surface area contributed by atoms with Gasteiger partial charge in [0.25, 0.3) is 0 Å². The van der Waals surface area contributed by atoms with Crippen molar-refractivity contribution in [2.75, 3.05) is 6.61 Å². The van der Waals surface area contributed by atoms with Gasteiger partial charge in [-0.3, -0.25) is 0 Å². The Morgan fingerprint density at radius 1 is 1.19 bits per heavy atom. The number of para-hydroxylation sites is 1. The molecule has 0 saturated heterocycles. The fraction of sp³-hybridized carbons (Fsp3) is 0.389. The number of nitrogens with zero attached hydrogens (tertiary/aromatic N) is 1. The van der Waals surface area contributed by atoms with Crippen molar-refractivity contribution in [2.45, 2.75) is 39.5 Å². The summed E-state index contributed by atoms with van der Waals surface area (Å²) in [6, 6.07) is 10.1. The van der Waals surface area contributed by atoms with E-state index in [4.69, 9.17) is 4.74 Å². The Labute approximate surface area is 125 Å². The van der Waals surface area contributed by atoms with Gasteiger partial charge < -0.3 is 9.30 Å². The molecule has 0 radical (unpaired) electrons. The van der Waals surface area contributed by atoms with E-state index in [0.29, 0.717) is 12.3 Å². The first-order chi connectivity index (χ1) is 10.2. The zero-order valence-electron chi connectivity index (χ0n) is 12.7. The van der Waals surface area contributed by atoms with Gasteiger partial charge in [-0.05, 0) is 62.8 Å². The van der Waals surface area contributed by atoms with E-state index in [1.165, 1.54) is 24.1 Å². The average molecular weight is 283 g/mol. The Kier molecular flexibility index (Phi) is 3.82. The van der Waals surface area contributed by atoms with E-state index in [-0.39, 0.29) is 5.97 Å². The van der Waals surface area contributed by atoms with Crippen molar-refractivity contribution in [3.05, 3.63) is 52.8 Å². The Morgan fingerprint density at radius 2 is 1.90 bits per heavy atom. The van der Waals surface area contributed by atoms with Gasteiger partial charge in [-0.15, -0.1) is 0 Å². The van der Waals surface area contributed by atoms with E-state index >= 15 is 0 Å². The van der Waals surface area contributed by atoms with E-state index < -0.39 is 0 Å². The fourth-order valence-corrected chi connectivity index (χ4v) is 3.29. The number of fused-ring (bicyclic) bond motifs is 1. The van der Waals surface area contributed by atoms with Gasteiger partial charge >= 0.3 is 5.97 Å². The second-order valence-corrected chi connectivity index (χ2v) is 5.50. The number of rotatable bonds is 3. The van der Waals surface area contributed by atoms with Crippen molar-refractivity contribution < 1.29 is 9.53 Å². The van der Waals surface area contributed by atoms with Crippen molar-refractivity contribution in [1.29, 1.82) is 0 Å². The third-order valence-electron chi connectivity index (χ3n) is 4.22. The van der Waals surface area contributed by atoms with Crippen LogP contribution in [-0.4, -0.2) is 17.1 Å². The first-order valence-electron chi connectivity index (χ1n) is 7.69. The van der Waals surface area contributed by atoms with Crippen LogP contribution in [-0.2, 0) is 17.6 Å². The van der Waals surface area contributed by atoms with Crippen molar-refractivity contribution in [3.8, 4) is 5.69 Å². The molecule has 1 heterocycles. The maximum atomic E-state index is 12.4. The van der Waals surface area contributed by atoms with Gasteiger partial charge in [0.2, 0.25) is 0 Å².